The van der Waals surface area contributed by atoms with Gasteiger partial charge in [0.25, 0.3) is 0 Å². The lowest BCUT2D eigenvalue weighted by molar-refractivity contribution is -0.0506. The van der Waals surface area contributed by atoms with Crippen molar-refractivity contribution in [2.75, 3.05) is 0 Å². The van der Waals surface area contributed by atoms with Gasteiger partial charge < -0.3 is 4.74 Å². The van der Waals surface area contributed by atoms with E-state index in [0.717, 1.165) is 17.5 Å². The Balaban J connectivity index is 3.13. The summed E-state index contributed by atoms with van der Waals surface area (Å²) in [6.45, 7) is 3.21. The number of rotatable bonds is 4. The zero-order chi connectivity index (χ0) is 11.4. The van der Waals surface area contributed by atoms with Crippen molar-refractivity contribution in [3.05, 3.63) is 29.3 Å². The van der Waals surface area contributed by atoms with Gasteiger partial charge in [-0.05, 0) is 24.0 Å². The van der Waals surface area contributed by atoms with Crippen molar-refractivity contribution < 1.29 is 13.5 Å². The highest BCUT2D eigenvalue weighted by Crippen LogP contribution is 2.31. The maximum absolute atomic E-state index is 12.2. The first kappa shape index (κ1) is 12.0. The zero-order valence-electron chi connectivity index (χ0n) is 9.26. The van der Waals surface area contributed by atoms with Crippen molar-refractivity contribution in [2.45, 2.75) is 39.7 Å². The summed E-state index contributed by atoms with van der Waals surface area (Å²) < 4.78 is 28.9. The summed E-state index contributed by atoms with van der Waals surface area (Å²) in [6, 6.07) is 5.30. The molecule has 1 nitrogen and oxygen atoms in total. The highest BCUT2D eigenvalue weighted by atomic mass is 19.3. The van der Waals surface area contributed by atoms with Gasteiger partial charge in [-0.15, -0.1) is 0 Å². The smallest absolute Gasteiger partial charge is 0.387 e. The van der Waals surface area contributed by atoms with Crippen LogP contribution >= 0.6 is 0 Å². The summed E-state index contributed by atoms with van der Waals surface area (Å²) >= 11 is 0. The van der Waals surface area contributed by atoms with Gasteiger partial charge in [0.15, 0.2) is 0 Å². The minimum Gasteiger partial charge on any atom is -0.435 e. The molecule has 0 aliphatic rings. The van der Waals surface area contributed by atoms with Crippen molar-refractivity contribution in [3.63, 3.8) is 0 Å². The molecule has 1 aromatic rings. The minimum atomic E-state index is -2.75. The zero-order valence-corrected chi connectivity index (χ0v) is 9.26. The molecule has 0 aliphatic carbocycles. The van der Waals surface area contributed by atoms with Crippen LogP contribution in [0.5, 0.6) is 5.75 Å². The van der Waals surface area contributed by atoms with Crippen LogP contribution in [0, 0.1) is 0 Å². The fourth-order valence-electron chi connectivity index (χ4n) is 1.75. The maximum Gasteiger partial charge on any atom is 0.387 e. The highest BCUT2D eigenvalue weighted by Gasteiger charge is 2.14. The molecule has 1 aromatic carbocycles. The minimum absolute atomic E-state index is 0.190. The van der Waals surface area contributed by atoms with E-state index in [4.69, 9.17) is 0 Å². The topological polar surface area (TPSA) is 9.23 Å². The van der Waals surface area contributed by atoms with Gasteiger partial charge in [-0.25, -0.2) is 0 Å². The first-order valence-corrected chi connectivity index (χ1v) is 5.12. The SMILES string of the molecule is CCc1cccc(OC(F)F)c1C(C)C. The van der Waals surface area contributed by atoms with Crippen LogP contribution in [0.3, 0.4) is 0 Å². The van der Waals surface area contributed by atoms with Crippen LogP contribution in [-0.4, -0.2) is 6.61 Å². The molecule has 0 heterocycles. The lowest BCUT2D eigenvalue weighted by Gasteiger charge is -2.17. The molecule has 0 saturated heterocycles. The second-order valence-corrected chi connectivity index (χ2v) is 3.72. The van der Waals surface area contributed by atoms with E-state index in [1.54, 1.807) is 12.1 Å². The lowest BCUT2D eigenvalue weighted by atomic mass is 9.95. The number of hydrogen-bond acceptors (Lipinski definition) is 1. The van der Waals surface area contributed by atoms with Gasteiger partial charge in [-0.2, -0.15) is 8.78 Å². The number of aryl methyl sites for hydroxylation is 1. The van der Waals surface area contributed by atoms with E-state index in [1.807, 2.05) is 26.8 Å². The number of halogens is 2. The third kappa shape index (κ3) is 2.91. The number of alkyl halides is 2. The number of hydrogen-bond donors (Lipinski definition) is 0. The second kappa shape index (κ2) is 5.10. The number of ether oxygens (including phenoxy) is 1. The molecule has 0 aliphatic heterocycles. The average Bonchev–Trinajstić information content (AvgIpc) is 2.15. The van der Waals surface area contributed by atoms with Crippen LogP contribution in [0.2, 0.25) is 0 Å². The van der Waals surface area contributed by atoms with Gasteiger partial charge >= 0.3 is 6.61 Å². The normalized spacial score (nSPS) is 11.1. The van der Waals surface area contributed by atoms with Crippen molar-refractivity contribution in [3.8, 4) is 5.75 Å². The molecule has 0 saturated carbocycles. The molecule has 0 atom stereocenters. The van der Waals surface area contributed by atoms with Crippen molar-refractivity contribution in [2.24, 2.45) is 0 Å². The van der Waals surface area contributed by atoms with Crippen LogP contribution in [0.4, 0.5) is 8.78 Å². The molecule has 0 unspecified atom stereocenters. The summed E-state index contributed by atoms with van der Waals surface area (Å²) in [4.78, 5) is 0. The molecule has 0 fully saturated rings. The van der Waals surface area contributed by atoms with Crippen molar-refractivity contribution >= 4 is 0 Å². The fourth-order valence-corrected chi connectivity index (χ4v) is 1.75. The Labute approximate surface area is 89.1 Å². The van der Waals surface area contributed by atoms with Gasteiger partial charge in [0, 0.05) is 5.56 Å². The first-order chi connectivity index (χ1) is 7.06. The molecule has 0 aromatic heterocycles. The summed E-state index contributed by atoms with van der Waals surface area (Å²) in [5.41, 5.74) is 1.96. The Kier molecular flexibility index (Phi) is 4.06. The van der Waals surface area contributed by atoms with Crippen LogP contribution in [0.25, 0.3) is 0 Å². The lowest BCUT2D eigenvalue weighted by Crippen LogP contribution is -2.07. The standard InChI is InChI=1S/C12H16F2O/c1-4-9-6-5-7-10(15-12(13)14)11(9)8(2)3/h5-8,12H,4H2,1-3H3. The van der Waals surface area contributed by atoms with Crippen LogP contribution in [0.15, 0.2) is 18.2 Å². The Morgan fingerprint density at radius 2 is 1.93 bits per heavy atom. The van der Waals surface area contributed by atoms with Gasteiger partial charge in [-0.3, -0.25) is 0 Å². The third-order valence-electron chi connectivity index (χ3n) is 2.33. The molecule has 0 radical (unpaired) electrons. The Bertz CT molecular complexity index is 321. The van der Waals surface area contributed by atoms with Crippen LogP contribution < -0.4 is 4.74 Å². The van der Waals surface area contributed by atoms with Gasteiger partial charge in [0.1, 0.15) is 5.75 Å². The molecule has 1 rings (SSSR count). The largest absolute Gasteiger partial charge is 0.435 e. The summed E-state index contributed by atoms with van der Waals surface area (Å²) in [5, 5.41) is 0. The average molecular weight is 214 g/mol. The fraction of sp³-hybridized carbons (Fsp3) is 0.500. The van der Waals surface area contributed by atoms with E-state index >= 15 is 0 Å². The molecule has 0 N–H and O–H groups in total. The predicted molar refractivity (Wildman–Crippen MR) is 56.5 cm³/mol. The van der Waals surface area contributed by atoms with Crippen molar-refractivity contribution in [1.29, 1.82) is 0 Å². The molecular formula is C12H16F2O. The van der Waals surface area contributed by atoms with E-state index in [2.05, 4.69) is 4.74 Å². The first-order valence-electron chi connectivity index (χ1n) is 5.12. The van der Waals surface area contributed by atoms with E-state index in [-0.39, 0.29) is 5.92 Å². The second-order valence-electron chi connectivity index (χ2n) is 3.72. The number of benzene rings is 1. The Hall–Kier alpha value is -1.12. The highest BCUT2D eigenvalue weighted by molar-refractivity contribution is 5.42. The summed E-state index contributed by atoms with van der Waals surface area (Å²) in [7, 11) is 0. The summed E-state index contributed by atoms with van der Waals surface area (Å²) in [5.74, 6) is 0.495. The molecule has 84 valence electrons. The monoisotopic (exact) mass is 214 g/mol. The van der Waals surface area contributed by atoms with E-state index in [1.165, 1.54) is 0 Å². The predicted octanol–water partition coefficient (Wildman–Crippen LogP) is 3.97. The van der Waals surface area contributed by atoms with Crippen molar-refractivity contribution in [1.82, 2.24) is 0 Å². The maximum atomic E-state index is 12.2. The van der Waals surface area contributed by atoms with E-state index < -0.39 is 6.61 Å². The molecule has 3 heteroatoms. The Morgan fingerprint density at radius 3 is 2.40 bits per heavy atom. The molecule has 15 heavy (non-hydrogen) atoms. The molecular weight excluding hydrogens is 198 g/mol. The third-order valence-corrected chi connectivity index (χ3v) is 2.33. The quantitative estimate of drug-likeness (QED) is 0.736. The van der Waals surface area contributed by atoms with Crippen LogP contribution in [0.1, 0.15) is 37.8 Å². The van der Waals surface area contributed by atoms with Gasteiger partial charge in [0.05, 0.1) is 0 Å². The molecule has 0 bridgehead atoms. The molecule has 0 amide bonds. The van der Waals surface area contributed by atoms with Gasteiger partial charge in [-0.1, -0.05) is 32.9 Å². The van der Waals surface area contributed by atoms with Crippen LogP contribution in [-0.2, 0) is 6.42 Å². The van der Waals surface area contributed by atoms with E-state index in [0.29, 0.717) is 5.75 Å². The summed E-state index contributed by atoms with van der Waals surface area (Å²) in [6.07, 6.45) is 0.827. The van der Waals surface area contributed by atoms with E-state index in [9.17, 15) is 8.78 Å². The molecule has 0 spiro atoms. The van der Waals surface area contributed by atoms with Gasteiger partial charge in [0.2, 0.25) is 0 Å². The Morgan fingerprint density at radius 1 is 1.27 bits per heavy atom.